The first-order valence-electron chi connectivity index (χ1n) is 13.2. The summed E-state index contributed by atoms with van der Waals surface area (Å²) < 4.78 is 0. The van der Waals surface area contributed by atoms with Crippen molar-refractivity contribution >= 4 is 0 Å². The van der Waals surface area contributed by atoms with E-state index in [0.29, 0.717) is 22.7 Å². The SMILES string of the molecule is C=CC(C)C1C(C)C[C@H]2C3=CC=C4CC(O)CCC4(C)[C@H]3CCC12C.CC(C)C(C)C. The van der Waals surface area contributed by atoms with Gasteiger partial charge < -0.3 is 5.11 Å². The van der Waals surface area contributed by atoms with Crippen molar-refractivity contribution < 1.29 is 5.11 Å². The van der Waals surface area contributed by atoms with Crippen LogP contribution < -0.4 is 0 Å². The highest BCUT2D eigenvalue weighted by Crippen LogP contribution is 2.67. The summed E-state index contributed by atoms with van der Waals surface area (Å²) in [5.41, 5.74) is 4.01. The van der Waals surface area contributed by atoms with Crippen LogP contribution in [0.15, 0.2) is 36.0 Å². The second-order valence-electron chi connectivity index (χ2n) is 12.6. The normalized spacial score (nSPS) is 42.5. The molecule has 0 aliphatic heterocycles. The molecule has 0 aromatic rings. The van der Waals surface area contributed by atoms with E-state index in [4.69, 9.17) is 0 Å². The molecule has 0 spiro atoms. The van der Waals surface area contributed by atoms with Crippen LogP contribution in [0.4, 0.5) is 0 Å². The van der Waals surface area contributed by atoms with Crippen LogP contribution in [0.25, 0.3) is 0 Å². The molecule has 0 amide bonds. The zero-order chi connectivity index (χ0) is 23.1. The van der Waals surface area contributed by atoms with Crippen molar-refractivity contribution in [2.45, 2.75) is 100 Å². The van der Waals surface area contributed by atoms with E-state index in [2.05, 4.69) is 80.2 Å². The molecule has 4 aliphatic rings. The zero-order valence-electron chi connectivity index (χ0n) is 21.7. The van der Waals surface area contributed by atoms with Gasteiger partial charge in [-0.25, -0.2) is 0 Å². The van der Waals surface area contributed by atoms with Gasteiger partial charge in [0, 0.05) is 0 Å². The largest absolute Gasteiger partial charge is 0.393 e. The summed E-state index contributed by atoms with van der Waals surface area (Å²) in [4.78, 5) is 0. The Morgan fingerprint density at radius 3 is 2.23 bits per heavy atom. The van der Waals surface area contributed by atoms with Gasteiger partial charge in [-0.15, -0.1) is 6.58 Å². The lowest BCUT2D eigenvalue weighted by Gasteiger charge is -2.55. The number of fused-ring (bicyclic) bond motifs is 5. The molecule has 0 heterocycles. The smallest absolute Gasteiger partial charge is 0.0578 e. The quantitative estimate of drug-likeness (QED) is 0.451. The third-order valence-electron chi connectivity index (χ3n) is 10.3. The Morgan fingerprint density at radius 1 is 1.00 bits per heavy atom. The van der Waals surface area contributed by atoms with Crippen LogP contribution in [0, 0.1) is 52.3 Å². The van der Waals surface area contributed by atoms with Gasteiger partial charge in [-0.2, -0.15) is 0 Å². The first-order chi connectivity index (χ1) is 14.5. The second kappa shape index (κ2) is 9.20. The van der Waals surface area contributed by atoms with Crippen LogP contribution in [0.3, 0.4) is 0 Å². The van der Waals surface area contributed by atoms with Crippen LogP contribution in [-0.4, -0.2) is 11.2 Å². The summed E-state index contributed by atoms with van der Waals surface area (Å²) in [6, 6.07) is 0. The van der Waals surface area contributed by atoms with Crippen LogP contribution >= 0.6 is 0 Å². The van der Waals surface area contributed by atoms with E-state index in [1.54, 1.807) is 5.57 Å². The number of allylic oxidation sites excluding steroid dienone is 4. The molecule has 1 N–H and O–H groups in total. The van der Waals surface area contributed by atoms with Crippen molar-refractivity contribution in [1.29, 1.82) is 0 Å². The highest BCUT2D eigenvalue weighted by molar-refractivity contribution is 5.39. The molecule has 4 rings (SSSR count). The molecular formula is C30H50O. The summed E-state index contributed by atoms with van der Waals surface area (Å²) in [6.07, 6.45) is 14.0. The number of hydrogen-bond donors (Lipinski definition) is 1. The summed E-state index contributed by atoms with van der Waals surface area (Å²) in [5.74, 6) is 5.32. The Morgan fingerprint density at radius 2 is 1.65 bits per heavy atom. The minimum atomic E-state index is -0.118. The van der Waals surface area contributed by atoms with E-state index in [1.807, 2.05) is 0 Å². The van der Waals surface area contributed by atoms with E-state index in [9.17, 15) is 5.11 Å². The van der Waals surface area contributed by atoms with Gasteiger partial charge in [0.05, 0.1) is 6.10 Å². The Kier molecular flexibility index (Phi) is 7.37. The van der Waals surface area contributed by atoms with Gasteiger partial charge in [0.15, 0.2) is 0 Å². The Balaban J connectivity index is 0.000000401. The summed E-state index contributed by atoms with van der Waals surface area (Å²) in [7, 11) is 0. The number of aliphatic hydroxyl groups is 1. The van der Waals surface area contributed by atoms with Crippen molar-refractivity contribution in [3.63, 3.8) is 0 Å². The van der Waals surface area contributed by atoms with E-state index < -0.39 is 0 Å². The monoisotopic (exact) mass is 426 g/mol. The molecule has 176 valence electrons. The molecule has 4 aliphatic carbocycles. The predicted molar refractivity (Wildman–Crippen MR) is 135 cm³/mol. The molecule has 1 heteroatoms. The van der Waals surface area contributed by atoms with Crippen molar-refractivity contribution in [3.05, 3.63) is 36.0 Å². The van der Waals surface area contributed by atoms with Crippen molar-refractivity contribution in [2.24, 2.45) is 52.3 Å². The molecule has 0 bridgehead atoms. The van der Waals surface area contributed by atoms with Gasteiger partial charge in [-0.05, 0) is 90.8 Å². The topological polar surface area (TPSA) is 20.2 Å². The molecule has 1 nitrogen and oxygen atoms in total. The van der Waals surface area contributed by atoms with E-state index in [-0.39, 0.29) is 6.10 Å². The molecule has 3 fully saturated rings. The van der Waals surface area contributed by atoms with Crippen molar-refractivity contribution in [1.82, 2.24) is 0 Å². The molecule has 0 radical (unpaired) electrons. The molecule has 8 atom stereocenters. The lowest BCUT2D eigenvalue weighted by Crippen LogP contribution is -2.46. The first-order valence-corrected chi connectivity index (χ1v) is 13.2. The number of hydrogen-bond acceptors (Lipinski definition) is 1. The summed E-state index contributed by atoms with van der Waals surface area (Å²) in [6.45, 7) is 23.0. The van der Waals surface area contributed by atoms with Crippen molar-refractivity contribution in [2.75, 3.05) is 0 Å². The predicted octanol–water partition coefficient (Wildman–Crippen LogP) is 8.21. The first kappa shape index (κ1) is 24.8. The van der Waals surface area contributed by atoms with Crippen LogP contribution in [-0.2, 0) is 0 Å². The van der Waals surface area contributed by atoms with Gasteiger partial charge in [0.1, 0.15) is 0 Å². The van der Waals surface area contributed by atoms with E-state index in [0.717, 1.165) is 48.9 Å². The number of aliphatic hydroxyl groups excluding tert-OH is 1. The zero-order valence-corrected chi connectivity index (χ0v) is 21.7. The Labute approximate surface area is 193 Å². The average molecular weight is 427 g/mol. The second-order valence-corrected chi connectivity index (χ2v) is 12.6. The van der Waals surface area contributed by atoms with Crippen LogP contribution in [0.2, 0.25) is 0 Å². The maximum atomic E-state index is 10.1. The van der Waals surface area contributed by atoms with Gasteiger partial charge in [0.25, 0.3) is 0 Å². The third-order valence-corrected chi connectivity index (χ3v) is 10.3. The highest BCUT2D eigenvalue weighted by atomic mass is 16.3. The lowest BCUT2D eigenvalue weighted by atomic mass is 9.50. The molecule has 6 unspecified atom stereocenters. The van der Waals surface area contributed by atoms with E-state index >= 15 is 0 Å². The van der Waals surface area contributed by atoms with Gasteiger partial charge in [0.2, 0.25) is 0 Å². The lowest BCUT2D eigenvalue weighted by molar-refractivity contribution is 0.0346. The standard InChI is InChI=1S/C24H36O.C6H14/c1-6-15(2)22-16(3)13-21-19-8-7-17-14-18(25)9-11-23(17,4)20(19)10-12-24(21,22)5;1-5(2)6(3)4/h6-8,15-16,18,20-22,25H,1,9-14H2,2-5H3;5-6H,1-4H3/t15?,16?,18?,20-,21-,22?,23?,24?;/m0./s1. The summed E-state index contributed by atoms with van der Waals surface area (Å²) >= 11 is 0. The van der Waals surface area contributed by atoms with Gasteiger partial charge in [-0.1, -0.05) is 84.8 Å². The fraction of sp³-hybridized carbons (Fsp3) is 0.800. The maximum absolute atomic E-state index is 10.1. The minimum Gasteiger partial charge on any atom is -0.393 e. The van der Waals surface area contributed by atoms with Crippen molar-refractivity contribution in [3.8, 4) is 0 Å². The fourth-order valence-electron chi connectivity index (χ4n) is 7.65. The summed E-state index contributed by atoms with van der Waals surface area (Å²) in [5, 5.41) is 10.1. The Hall–Kier alpha value is -0.820. The Bertz CT molecular complexity index is 706. The van der Waals surface area contributed by atoms with Gasteiger partial charge in [-0.3, -0.25) is 0 Å². The molecule has 31 heavy (non-hydrogen) atoms. The average Bonchev–Trinajstić information content (AvgIpc) is 2.98. The molecule has 3 saturated carbocycles. The molecule has 0 saturated heterocycles. The van der Waals surface area contributed by atoms with E-state index in [1.165, 1.54) is 24.8 Å². The highest BCUT2D eigenvalue weighted by Gasteiger charge is 2.58. The molecule has 0 aromatic heterocycles. The van der Waals surface area contributed by atoms with Gasteiger partial charge >= 0.3 is 0 Å². The molecule has 0 aromatic carbocycles. The van der Waals surface area contributed by atoms with Crippen LogP contribution in [0.1, 0.15) is 93.9 Å². The fourth-order valence-corrected chi connectivity index (χ4v) is 7.65. The minimum absolute atomic E-state index is 0.118. The maximum Gasteiger partial charge on any atom is 0.0578 e. The number of rotatable bonds is 3. The van der Waals surface area contributed by atoms with Crippen LogP contribution in [0.5, 0.6) is 0 Å². The third kappa shape index (κ3) is 4.38. The molecular weight excluding hydrogens is 376 g/mol.